The van der Waals surface area contributed by atoms with E-state index in [4.69, 9.17) is 4.42 Å². The molecule has 0 bridgehead atoms. The molecular weight excluding hydrogens is 340 g/mol. The van der Waals surface area contributed by atoms with E-state index in [9.17, 15) is 9.90 Å². The molecule has 0 unspecified atom stereocenters. The van der Waals surface area contributed by atoms with Gasteiger partial charge in [0, 0.05) is 22.7 Å². The summed E-state index contributed by atoms with van der Waals surface area (Å²) in [5.74, 6) is -0.0610. The average molecular weight is 364 g/mol. The third-order valence-electron chi connectivity index (χ3n) is 5.42. The minimum absolute atomic E-state index is 0.0610. The van der Waals surface area contributed by atoms with Gasteiger partial charge < -0.3 is 19.3 Å². The zero-order valence-electron chi connectivity index (χ0n) is 15.5. The number of nitrogens with zero attached hydrogens (tertiary/aromatic N) is 1. The number of nitrogens with one attached hydrogen (secondary N) is 1. The highest BCUT2D eigenvalue weighted by molar-refractivity contribution is 5.82. The summed E-state index contributed by atoms with van der Waals surface area (Å²) < 4.78 is 5.27. The molecule has 0 atom stereocenters. The summed E-state index contributed by atoms with van der Waals surface area (Å²) in [6.07, 6.45) is 0.677. The van der Waals surface area contributed by atoms with Gasteiger partial charge in [-0.05, 0) is 30.7 Å². The molecule has 0 aliphatic carbocycles. The van der Waals surface area contributed by atoms with Crippen molar-refractivity contribution in [3.05, 3.63) is 70.1 Å². The minimum atomic E-state index is -0.386. The SMILES string of the molecule is CCc1cc2c(C[NH+]3CCN(c4ccccc4)CC3)cc(=O)oc2cc1[O-]. The quantitative estimate of drug-likeness (QED) is 0.710. The Labute approximate surface area is 158 Å². The van der Waals surface area contributed by atoms with Crippen LogP contribution in [0, 0.1) is 0 Å². The second-order valence-corrected chi connectivity index (χ2v) is 7.15. The number of aryl methyl sites for hydroxylation is 1. The lowest BCUT2D eigenvalue weighted by atomic mass is 10.0. The topological polar surface area (TPSA) is 61.0 Å². The van der Waals surface area contributed by atoms with Gasteiger partial charge in [-0.1, -0.05) is 30.7 Å². The normalized spacial score (nSPS) is 15.4. The van der Waals surface area contributed by atoms with Crippen LogP contribution in [0.5, 0.6) is 5.75 Å². The molecule has 27 heavy (non-hydrogen) atoms. The van der Waals surface area contributed by atoms with Crippen LogP contribution in [0.4, 0.5) is 5.69 Å². The van der Waals surface area contributed by atoms with Crippen LogP contribution < -0.4 is 20.5 Å². The summed E-state index contributed by atoms with van der Waals surface area (Å²) in [6, 6.07) is 15.4. The van der Waals surface area contributed by atoms with Gasteiger partial charge in [-0.15, -0.1) is 5.75 Å². The molecule has 2 heterocycles. The third kappa shape index (κ3) is 3.69. The van der Waals surface area contributed by atoms with Crippen LogP contribution in [0.3, 0.4) is 0 Å². The average Bonchev–Trinajstić information content (AvgIpc) is 2.68. The summed E-state index contributed by atoms with van der Waals surface area (Å²) >= 11 is 0. The Hall–Kier alpha value is -2.79. The third-order valence-corrected chi connectivity index (χ3v) is 5.42. The van der Waals surface area contributed by atoms with E-state index in [1.54, 1.807) is 6.07 Å². The first-order valence-corrected chi connectivity index (χ1v) is 9.54. The van der Waals surface area contributed by atoms with Crippen molar-refractivity contribution in [2.24, 2.45) is 0 Å². The molecule has 140 valence electrons. The molecule has 0 amide bonds. The molecule has 1 aliphatic heterocycles. The predicted octanol–water partition coefficient (Wildman–Crippen LogP) is 1.33. The van der Waals surface area contributed by atoms with Gasteiger partial charge in [-0.25, -0.2) is 4.79 Å². The number of hydrogen-bond acceptors (Lipinski definition) is 4. The molecule has 3 aromatic rings. The van der Waals surface area contributed by atoms with E-state index in [-0.39, 0.29) is 11.4 Å². The van der Waals surface area contributed by atoms with Crippen molar-refractivity contribution in [3.63, 3.8) is 0 Å². The van der Waals surface area contributed by atoms with Crippen molar-refractivity contribution >= 4 is 16.7 Å². The van der Waals surface area contributed by atoms with Crippen molar-refractivity contribution in [2.45, 2.75) is 19.9 Å². The highest BCUT2D eigenvalue weighted by atomic mass is 16.4. The Bertz CT molecular complexity index is 990. The van der Waals surface area contributed by atoms with Crippen LogP contribution >= 0.6 is 0 Å². The number of quaternary nitrogens is 1. The van der Waals surface area contributed by atoms with Gasteiger partial charge in [-0.2, -0.15) is 0 Å². The number of hydrogen-bond donors (Lipinski definition) is 1. The summed E-state index contributed by atoms with van der Waals surface area (Å²) in [4.78, 5) is 15.8. The fourth-order valence-electron chi connectivity index (χ4n) is 3.89. The molecular formula is C22H24N2O3. The highest BCUT2D eigenvalue weighted by Gasteiger charge is 2.21. The van der Waals surface area contributed by atoms with E-state index in [1.807, 2.05) is 19.1 Å². The van der Waals surface area contributed by atoms with Crippen LogP contribution in [0.25, 0.3) is 11.0 Å². The van der Waals surface area contributed by atoms with Crippen molar-refractivity contribution in [2.75, 3.05) is 31.1 Å². The lowest BCUT2D eigenvalue weighted by Crippen LogP contribution is -3.13. The number of fused-ring (bicyclic) bond motifs is 1. The van der Waals surface area contributed by atoms with Gasteiger partial charge >= 0.3 is 5.63 Å². The Morgan fingerprint density at radius 3 is 2.52 bits per heavy atom. The molecule has 0 spiro atoms. The van der Waals surface area contributed by atoms with E-state index in [0.29, 0.717) is 12.0 Å². The number of rotatable bonds is 4. The van der Waals surface area contributed by atoms with Crippen molar-refractivity contribution in [1.29, 1.82) is 0 Å². The lowest BCUT2D eigenvalue weighted by Gasteiger charge is -2.33. The number of benzene rings is 2. The zero-order valence-corrected chi connectivity index (χ0v) is 15.5. The minimum Gasteiger partial charge on any atom is -0.872 e. The van der Waals surface area contributed by atoms with Gasteiger partial charge in [0.2, 0.25) is 0 Å². The van der Waals surface area contributed by atoms with Gasteiger partial charge in [0.1, 0.15) is 12.1 Å². The number of para-hydroxylation sites is 1. The molecule has 1 aliphatic rings. The van der Waals surface area contributed by atoms with E-state index >= 15 is 0 Å². The van der Waals surface area contributed by atoms with Gasteiger partial charge in [-0.3, -0.25) is 0 Å². The molecule has 5 heteroatoms. The Kier molecular flexibility index (Phi) is 4.86. The van der Waals surface area contributed by atoms with E-state index in [1.165, 1.54) is 16.7 Å². The van der Waals surface area contributed by atoms with Crippen molar-refractivity contribution in [1.82, 2.24) is 0 Å². The first kappa shape index (κ1) is 17.6. The van der Waals surface area contributed by atoms with Crippen LogP contribution in [0.1, 0.15) is 18.1 Å². The van der Waals surface area contributed by atoms with Gasteiger partial charge in [0.15, 0.2) is 0 Å². The first-order valence-electron chi connectivity index (χ1n) is 9.54. The molecule has 0 saturated carbocycles. The molecule has 4 rings (SSSR count). The van der Waals surface area contributed by atoms with Gasteiger partial charge in [0.05, 0.1) is 26.2 Å². The van der Waals surface area contributed by atoms with Crippen LogP contribution in [0.2, 0.25) is 0 Å². The van der Waals surface area contributed by atoms with E-state index < -0.39 is 0 Å². The van der Waals surface area contributed by atoms with Crippen molar-refractivity contribution in [3.8, 4) is 5.75 Å². The second-order valence-electron chi connectivity index (χ2n) is 7.15. The molecule has 5 nitrogen and oxygen atoms in total. The zero-order chi connectivity index (χ0) is 18.8. The summed E-state index contributed by atoms with van der Waals surface area (Å²) in [6.45, 7) is 6.74. The Morgan fingerprint density at radius 1 is 1.07 bits per heavy atom. The highest BCUT2D eigenvalue weighted by Crippen LogP contribution is 2.25. The molecule has 1 N–H and O–H groups in total. The standard InChI is InChI=1S/C22H24N2O3/c1-2-16-12-19-17(13-22(26)27-21(19)14-20(16)25)15-23-8-10-24(11-9-23)18-6-4-3-5-7-18/h3-7,12-14,25H,2,8-11,15H2,1H3. The maximum absolute atomic E-state index is 12.1. The number of piperazine rings is 1. The predicted molar refractivity (Wildman–Crippen MR) is 104 cm³/mol. The monoisotopic (exact) mass is 364 g/mol. The van der Waals surface area contributed by atoms with Gasteiger partial charge in [0.25, 0.3) is 0 Å². The van der Waals surface area contributed by atoms with Crippen LogP contribution in [-0.4, -0.2) is 26.2 Å². The first-order chi connectivity index (χ1) is 13.1. The summed E-state index contributed by atoms with van der Waals surface area (Å²) in [7, 11) is 0. The fraction of sp³-hybridized carbons (Fsp3) is 0.318. The number of anilines is 1. The molecule has 0 radical (unpaired) electrons. The summed E-state index contributed by atoms with van der Waals surface area (Å²) in [5, 5.41) is 13.0. The molecule has 1 fully saturated rings. The Morgan fingerprint density at radius 2 is 1.81 bits per heavy atom. The maximum Gasteiger partial charge on any atom is 0.336 e. The van der Waals surface area contributed by atoms with E-state index in [2.05, 4.69) is 29.2 Å². The van der Waals surface area contributed by atoms with Crippen molar-refractivity contribution < 1.29 is 14.4 Å². The molecule has 1 aromatic heterocycles. The van der Waals surface area contributed by atoms with Crippen LogP contribution in [-0.2, 0) is 13.0 Å². The van der Waals surface area contributed by atoms with E-state index in [0.717, 1.165) is 49.2 Å². The fourth-order valence-corrected chi connectivity index (χ4v) is 3.89. The smallest absolute Gasteiger partial charge is 0.336 e. The maximum atomic E-state index is 12.1. The van der Waals surface area contributed by atoms with Crippen LogP contribution in [0.15, 0.2) is 57.7 Å². The largest absolute Gasteiger partial charge is 0.872 e. The second kappa shape index (κ2) is 7.45. The summed E-state index contributed by atoms with van der Waals surface area (Å²) in [5.41, 5.74) is 3.02. The lowest BCUT2D eigenvalue weighted by molar-refractivity contribution is -0.914. The molecule has 1 saturated heterocycles. The molecule has 2 aromatic carbocycles. The Balaban J connectivity index is 1.55.